The Labute approximate surface area is 202 Å². The van der Waals surface area contributed by atoms with Crippen LogP contribution in [0, 0.1) is 5.41 Å². The molecule has 0 N–H and O–H groups in total. The first-order valence-corrected chi connectivity index (χ1v) is 11.5. The lowest BCUT2D eigenvalue weighted by atomic mass is 9.92. The van der Waals surface area contributed by atoms with Crippen LogP contribution in [0.5, 0.6) is 0 Å². The molecule has 0 saturated carbocycles. The first kappa shape index (κ1) is 23.5. The Morgan fingerprint density at radius 3 is 1.79 bits per heavy atom. The summed E-state index contributed by atoms with van der Waals surface area (Å²) in [5.74, 6) is -0.993. The number of amides is 3. The molecule has 9 heteroatoms. The highest BCUT2D eigenvalue weighted by molar-refractivity contribution is 6.30. The number of hydrogen-bond donors (Lipinski definition) is 0. The molecule has 2 aromatic rings. The number of nitrogens with zero attached hydrogens (tertiary/aromatic N) is 3. The summed E-state index contributed by atoms with van der Waals surface area (Å²) < 4.78 is 0. The highest BCUT2D eigenvalue weighted by atomic mass is 35.5. The van der Waals surface area contributed by atoms with Crippen molar-refractivity contribution in [2.24, 2.45) is 5.41 Å². The summed E-state index contributed by atoms with van der Waals surface area (Å²) >= 11 is 12.2. The molecule has 0 aliphatic carbocycles. The van der Waals surface area contributed by atoms with Gasteiger partial charge < -0.3 is 9.74 Å². The van der Waals surface area contributed by atoms with Crippen LogP contribution in [0.15, 0.2) is 48.5 Å². The van der Waals surface area contributed by atoms with Gasteiger partial charge in [-0.05, 0) is 35.4 Å². The van der Waals surface area contributed by atoms with Crippen molar-refractivity contribution in [3.63, 3.8) is 0 Å². The maximum atomic E-state index is 12.7. The van der Waals surface area contributed by atoms with Crippen molar-refractivity contribution in [2.45, 2.75) is 26.3 Å². The molecule has 2 aliphatic rings. The molecule has 0 spiro atoms. The number of rotatable bonds is 4. The SMILES string of the molecule is CC1(C)CC(=O)N(OC(=O)N2CCN(C(c3ccc(Cl)cc3)c3ccc(Cl)cc3)CC2)C1=O. The second-order valence-corrected chi connectivity index (χ2v) is 9.81. The van der Waals surface area contributed by atoms with E-state index in [2.05, 4.69) is 4.90 Å². The van der Waals surface area contributed by atoms with Crippen molar-refractivity contribution in [2.75, 3.05) is 26.2 Å². The number of carbonyl (C=O) groups is 3. The highest BCUT2D eigenvalue weighted by Crippen LogP contribution is 2.33. The van der Waals surface area contributed by atoms with Crippen LogP contribution in [0.1, 0.15) is 37.4 Å². The van der Waals surface area contributed by atoms with E-state index in [9.17, 15) is 14.4 Å². The van der Waals surface area contributed by atoms with Gasteiger partial charge in [0, 0.05) is 42.6 Å². The summed E-state index contributed by atoms with van der Waals surface area (Å²) in [6.07, 6.45) is -0.667. The van der Waals surface area contributed by atoms with E-state index in [0.29, 0.717) is 41.3 Å². The summed E-state index contributed by atoms with van der Waals surface area (Å²) in [6, 6.07) is 15.4. The molecule has 0 aromatic heterocycles. The van der Waals surface area contributed by atoms with Gasteiger partial charge >= 0.3 is 6.09 Å². The molecule has 2 fully saturated rings. The lowest BCUT2D eigenvalue weighted by molar-refractivity contribution is -0.176. The Balaban J connectivity index is 1.45. The van der Waals surface area contributed by atoms with Gasteiger partial charge in [0.2, 0.25) is 0 Å². The fraction of sp³-hybridized carbons (Fsp3) is 0.375. The molecule has 174 valence electrons. The molecule has 4 rings (SSSR count). The zero-order valence-electron chi connectivity index (χ0n) is 18.5. The Kier molecular flexibility index (Phi) is 6.66. The Bertz CT molecular complexity index is 1000. The van der Waals surface area contributed by atoms with Gasteiger partial charge in [0.1, 0.15) is 0 Å². The highest BCUT2D eigenvalue weighted by Gasteiger charge is 2.48. The van der Waals surface area contributed by atoms with Gasteiger partial charge in [0.25, 0.3) is 11.8 Å². The first-order chi connectivity index (χ1) is 15.7. The normalized spacial score (nSPS) is 18.8. The van der Waals surface area contributed by atoms with E-state index in [1.165, 1.54) is 4.90 Å². The molecule has 3 amide bonds. The van der Waals surface area contributed by atoms with Crippen LogP contribution in [0.2, 0.25) is 10.0 Å². The standard InChI is InChI=1S/C24H25Cl2N3O4/c1-24(2)15-20(30)29(22(24)31)33-23(32)28-13-11-27(12-14-28)21(16-3-7-18(25)8-4-16)17-5-9-19(26)10-6-17/h3-10,21H,11-15H2,1-2H3. The molecule has 0 unspecified atom stereocenters. The summed E-state index contributed by atoms with van der Waals surface area (Å²) in [5, 5.41) is 1.93. The van der Waals surface area contributed by atoms with E-state index in [-0.39, 0.29) is 12.5 Å². The van der Waals surface area contributed by atoms with Gasteiger partial charge in [0.05, 0.1) is 11.5 Å². The summed E-state index contributed by atoms with van der Waals surface area (Å²) in [6.45, 7) is 5.28. The minimum atomic E-state index is -0.861. The number of hydrogen-bond acceptors (Lipinski definition) is 5. The van der Waals surface area contributed by atoms with E-state index in [4.69, 9.17) is 28.0 Å². The minimum Gasteiger partial charge on any atom is -0.311 e. The molecular formula is C24H25Cl2N3O4. The fourth-order valence-electron chi connectivity index (χ4n) is 4.21. The number of benzene rings is 2. The fourth-order valence-corrected chi connectivity index (χ4v) is 4.46. The number of halogens is 2. The van der Waals surface area contributed by atoms with Crippen LogP contribution in [0.3, 0.4) is 0 Å². The van der Waals surface area contributed by atoms with Crippen LogP contribution in [0.25, 0.3) is 0 Å². The van der Waals surface area contributed by atoms with Gasteiger partial charge in [-0.3, -0.25) is 14.5 Å². The van der Waals surface area contributed by atoms with E-state index in [0.717, 1.165) is 11.1 Å². The average Bonchev–Trinajstić information content (AvgIpc) is 2.98. The van der Waals surface area contributed by atoms with Crippen molar-refractivity contribution in [3.05, 3.63) is 69.7 Å². The van der Waals surface area contributed by atoms with Crippen molar-refractivity contribution >= 4 is 41.1 Å². The largest absolute Gasteiger partial charge is 0.434 e. The van der Waals surface area contributed by atoms with E-state index < -0.39 is 23.3 Å². The molecular weight excluding hydrogens is 465 g/mol. The Morgan fingerprint density at radius 2 is 1.36 bits per heavy atom. The van der Waals surface area contributed by atoms with Crippen LogP contribution in [-0.2, 0) is 14.4 Å². The minimum absolute atomic E-state index is 0.0246. The molecule has 2 heterocycles. The summed E-state index contributed by atoms with van der Waals surface area (Å²) in [7, 11) is 0. The van der Waals surface area contributed by atoms with Gasteiger partial charge in [-0.1, -0.05) is 61.3 Å². The molecule has 2 aliphatic heterocycles. The zero-order chi connectivity index (χ0) is 23.8. The van der Waals surface area contributed by atoms with E-state index in [1.807, 2.05) is 48.5 Å². The van der Waals surface area contributed by atoms with Crippen LogP contribution < -0.4 is 0 Å². The van der Waals surface area contributed by atoms with Crippen molar-refractivity contribution in [1.82, 2.24) is 14.9 Å². The molecule has 33 heavy (non-hydrogen) atoms. The summed E-state index contributed by atoms with van der Waals surface area (Å²) in [4.78, 5) is 46.1. The van der Waals surface area contributed by atoms with Gasteiger partial charge in [-0.25, -0.2) is 4.79 Å². The first-order valence-electron chi connectivity index (χ1n) is 10.7. The van der Waals surface area contributed by atoms with E-state index >= 15 is 0 Å². The number of hydroxylamine groups is 2. The lowest BCUT2D eigenvalue weighted by Crippen LogP contribution is -2.51. The zero-order valence-corrected chi connectivity index (χ0v) is 20.0. The van der Waals surface area contributed by atoms with Gasteiger partial charge in [0.15, 0.2) is 0 Å². The monoisotopic (exact) mass is 489 g/mol. The number of carbonyl (C=O) groups excluding carboxylic acids is 3. The summed E-state index contributed by atoms with van der Waals surface area (Å²) in [5.41, 5.74) is 1.29. The average molecular weight is 490 g/mol. The molecule has 0 atom stereocenters. The third-order valence-corrected chi connectivity index (χ3v) is 6.57. The third kappa shape index (κ3) is 5.00. The molecule has 0 bridgehead atoms. The van der Waals surface area contributed by atoms with Crippen LogP contribution in [0.4, 0.5) is 4.79 Å². The van der Waals surface area contributed by atoms with Crippen molar-refractivity contribution in [3.8, 4) is 0 Å². The molecule has 2 aromatic carbocycles. The number of piperazine rings is 1. The second-order valence-electron chi connectivity index (χ2n) is 8.94. The smallest absolute Gasteiger partial charge is 0.311 e. The lowest BCUT2D eigenvalue weighted by Gasteiger charge is -2.39. The van der Waals surface area contributed by atoms with Gasteiger partial charge in [-0.15, -0.1) is 5.06 Å². The van der Waals surface area contributed by atoms with Gasteiger partial charge in [-0.2, -0.15) is 0 Å². The third-order valence-electron chi connectivity index (χ3n) is 6.06. The van der Waals surface area contributed by atoms with E-state index in [1.54, 1.807) is 13.8 Å². The Morgan fingerprint density at radius 1 is 0.879 bits per heavy atom. The number of imide groups is 1. The Hall–Kier alpha value is -2.61. The quantitative estimate of drug-likeness (QED) is 0.589. The maximum Gasteiger partial charge on any atom is 0.434 e. The van der Waals surface area contributed by atoms with Crippen LogP contribution >= 0.6 is 23.2 Å². The molecule has 7 nitrogen and oxygen atoms in total. The van der Waals surface area contributed by atoms with Crippen LogP contribution in [-0.4, -0.2) is 58.9 Å². The predicted octanol–water partition coefficient (Wildman–Crippen LogP) is 4.54. The molecule has 2 saturated heterocycles. The van der Waals surface area contributed by atoms with Crippen molar-refractivity contribution in [1.29, 1.82) is 0 Å². The molecule has 0 radical (unpaired) electrons. The predicted molar refractivity (Wildman–Crippen MR) is 125 cm³/mol. The maximum absolute atomic E-state index is 12.7. The topological polar surface area (TPSA) is 70.2 Å². The second kappa shape index (κ2) is 9.33. The van der Waals surface area contributed by atoms with Crippen molar-refractivity contribution < 1.29 is 19.2 Å².